The first kappa shape index (κ1) is 9.14. The van der Waals surface area contributed by atoms with Crippen molar-refractivity contribution < 1.29 is 9.53 Å². The predicted octanol–water partition coefficient (Wildman–Crippen LogP) is -0.332. The van der Waals surface area contributed by atoms with Crippen LogP contribution in [0, 0.1) is 0 Å². The highest BCUT2D eigenvalue weighted by Crippen LogP contribution is 2.18. The summed E-state index contributed by atoms with van der Waals surface area (Å²) in [7, 11) is 1.31. The smallest absolute Gasteiger partial charge is 0.377 e. The largest absolute Gasteiger partial charge is 0.463 e. The summed E-state index contributed by atoms with van der Waals surface area (Å²) >= 11 is 0. The molecule has 0 aliphatic carbocycles. The minimum atomic E-state index is -0.501. The second-order valence-electron chi connectivity index (χ2n) is 3.23. The van der Waals surface area contributed by atoms with E-state index in [2.05, 4.69) is 25.2 Å². The topological polar surface area (TPSA) is 79.9 Å². The molecule has 1 aliphatic heterocycles. The van der Waals surface area contributed by atoms with Crippen LogP contribution >= 0.6 is 0 Å². The van der Waals surface area contributed by atoms with E-state index in [1.54, 1.807) is 0 Å². The summed E-state index contributed by atoms with van der Waals surface area (Å²) in [5.74, 6) is 0.698. The summed E-state index contributed by atoms with van der Waals surface area (Å²) in [6.45, 7) is 1.87. The van der Waals surface area contributed by atoms with Crippen LogP contribution in [0.25, 0.3) is 0 Å². The second-order valence-corrected chi connectivity index (χ2v) is 3.23. The highest BCUT2D eigenvalue weighted by molar-refractivity contribution is 5.84. The average Bonchev–Trinajstić information content (AvgIpc) is 2.86. The normalized spacial score (nSPS) is 21.1. The Morgan fingerprint density at radius 1 is 1.64 bits per heavy atom. The van der Waals surface area contributed by atoms with Gasteiger partial charge in [-0.1, -0.05) is 0 Å². The number of rotatable bonds is 2. The zero-order valence-electron chi connectivity index (χ0n) is 7.91. The molecule has 0 amide bonds. The van der Waals surface area contributed by atoms with Crippen molar-refractivity contribution in [3.05, 3.63) is 11.6 Å². The average molecular weight is 196 g/mol. The number of ether oxygens (including phenoxy) is 1. The number of H-pyrrole nitrogens is 1. The molecule has 2 heterocycles. The van der Waals surface area contributed by atoms with Gasteiger partial charge in [0.05, 0.1) is 7.11 Å². The predicted molar refractivity (Wildman–Crippen MR) is 47.9 cm³/mol. The lowest BCUT2D eigenvalue weighted by Gasteiger charge is -2.00. The van der Waals surface area contributed by atoms with E-state index < -0.39 is 5.97 Å². The monoisotopic (exact) mass is 196 g/mol. The van der Waals surface area contributed by atoms with Crippen molar-refractivity contribution in [2.45, 2.75) is 12.3 Å². The first-order valence-corrected chi connectivity index (χ1v) is 4.52. The van der Waals surface area contributed by atoms with E-state index in [1.165, 1.54) is 7.11 Å². The van der Waals surface area contributed by atoms with Crippen LogP contribution in [0.5, 0.6) is 0 Å². The summed E-state index contributed by atoms with van der Waals surface area (Å²) in [6.07, 6.45) is 1.02. The Labute approximate surface area is 81.1 Å². The molecule has 2 N–H and O–H groups in total. The van der Waals surface area contributed by atoms with Crippen molar-refractivity contribution in [2.75, 3.05) is 20.2 Å². The van der Waals surface area contributed by atoms with Gasteiger partial charge >= 0.3 is 5.97 Å². The van der Waals surface area contributed by atoms with E-state index >= 15 is 0 Å². The lowest BCUT2D eigenvalue weighted by atomic mass is 10.1. The molecule has 6 heteroatoms. The number of nitrogens with zero attached hydrogens (tertiary/aromatic N) is 2. The van der Waals surface area contributed by atoms with Crippen LogP contribution in [0.1, 0.15) is 28.8 Å². The molecule has 1 saturated heterocycles. The third-order valence-corrected chi connectivity index (χ3v) is 2.32. The molecule has 0 aromatic carbocycles. The van der Waals surface area contributed by atoms with E-state index in [0.29, 0.717) is 5.92 Å². The summed E-state index contributed by atoms with van der Waals surface area (Å²) in [5, 5.41) is 9.77. The summed E-state index contributed by atoms with van der Waals surface area (Å²) in [5.41, 5.74) is 0. The Bertz CT molecular complexity index is 330. The van der Waals surface area contributed by atoms with Gasteiger partial charge in [-0.25, -0.2) is 9.78 Å². The van der Waals surface area contributed by atoms with Gasteiger partial charge in [-0.05, 0) is 13.0 Å². The fraction of sp³-hybridized carbons (Fsp3) is 0.625. The van der Waals surface area contributed by atoms with Crippen LogP contribution in [0.2, 0.25) is 0 Å². The standard InChI is InChI=1S/C8H12N4O2/c1-14-8(13)7-10-6(11-12-7)5-2-3-9-4-5/h5,9H,2-4H2,1H3,(H,10,11,12). The Morgan fingerprint density at radius 3 is 3.14 bits per heavy atom. The maximum atomic E-state index is 11.1. The summed E-state index contributed by atoms with van der Waals surface area (Å²) < 4.78 is 4.51. The van der Waals surface area contributed by atoms with Gasteiger partial charge < -0.3 is 10.1 Å². The lowest BCUT2D eigenvalue weighted by molar-refractivity contribution is 0.0587. The van der Waals surface area contributed by atoms with Crippen molar-refractivity contribution >= 4 is 5.97 Å². The number of aromatic amines is 1. The fourth-order valence-electron chi connectivity index (χ4n) is 1.53. The molecular formula is C8H12N4O2. The molecule has 0 saturated carbocycles. The third-order valence-electron chi connectivity index (χ3n) is 2.32. The molecule has 0 bridgehead atoms. The molecule has 1 aliphatic rings. The van der Waals surface area contributed by atoms with Crippen molar-refractivity contribution in [1.29, 1.82) is 0 Å². The molecule has 2 rings (SSSR count). The number of hydrogen-bond donors (Lipinski definition) is 2. The van der Waals surface area contributed by atoms with Gasteiger partial charge in [0.25, 0.3) is 5.82 Å². The molecule has 6 nitrogen and oxygen atoms in total. The van der Waals surface area contributed by atoms with Crippen LogP contribution in [-0.4, -0.2) is 41.3 Å². The number of aromatic nitrogens is 3. The van der Waals surface area contributed by atoms with Gasteiger partial charge in [-0.15, -0.1) is 5.10 Å². The van der Waals surface area contributed by atoms with E-state index in [1.807, 2.05) is 0 Å². The van der Waals surface area contributed by atoms with Gasteiger partial charge in [0.1, 0.15) is 5.82 Å². The van der Waals surface area contributed by atoms with Gasteiger partial charge in [0.2, 0.25) is 0 Å². The number of esters is 1. The van der Waals surface area contributed by atoms with Crippen molar-refractivity contribution in [3.63, 3.8) is 0 Å². The van der Waals surface area contributed by atoms with E-state index in [-0.39, 0.29) is 5.82 Å². The highest BCUT2D eigenvalue weighted by Gasteiger charge is 2.22. The molecule has 14 heavy (non-hydrogen) atoms. The van der Waals surface area contributed by atoms with Gasteiger partial charge in [0.15, 0.2) is 0 Å². The molecule has 1 atom stereocenters. The number of hydrogen-bond acceptors (Lipinski definition) is 5. The van der Waals surface area contributed by atoms with Crippen molar-refractivity contribution in [1.82, 2.24) is 20.5 Å². The highest BCUT2D eigenvalue weighted by atomic mass is 16.5. The molecule has 1 fully saturated rings. The first-order valence-electron chi connectivity index (χ1n) is 4.52. The Hall–Kier alpha value is -1.43. The molecular weight excluding hydrogens is 184 g/mol. The molecule has 1 aromatic heterocycles. The zero-order valence-corrected chi connectivity index (χ0v) is 7.91. The second kappa shape index (κ2) is 3.75. The first-order chi connectivity index (χ1) is 6.81. The van der Waals surface area contributed by atoms with Gasteiger partial charge in [-0.2, -0.15) is 0 Å². The number of methoxy groups -OCH3 is 1. The summed E-state index contributed by atoms with van der Waals surface area (Å²) in [4.78, 5) is 15.1. The molecule has 0 spiro atoms. The van der Waals surface area contributed by atoms with Gasteiger partial charge in [0, 0.05) is 12.5 Å². The van der Waals surface area contributed by atoms with Crippen LogP contribution in [0.3, 0.4) is 0 Å². The molecule has 76 valence electrons. The molecule has 1 unspecified atom stereocenters. The Kier molecular flexibility index (Phi) is 2.45. The quantitative estimate of drug-likeness (QED) is 0.633. The molecule has 1 aromatic rings. The number of nitrogens with one attached hydrogen (secondary N) is 2. The summed E-state index contributed by atoms with van der Waals surface area (Å²) in [6, 6.07) is 0. The fourth-order valence-corrected chi connectivity index (χ4v) is 1.53. The van der Waals surface area contributed by atoms with Crippen molar-refractivity contribution in [2.24, 2.45) is 0 Å². The van der Waals surface area contributed by atoms with Gasteiger partial charge in [-0.3, -0.25) is 5.10 Å². The van der Waals surface area contributed by atoms with Crippen LogP contribution < -0.4 is 5.32 Å². The van der Waals surface area contributed by atoms with Crippen LogP contribution in [-0.2, 0) is 4.74 Å². The number of carbonyl (C=O) groups is 1. The van der Waals surface area contributed by atoms with Crippen molar-refractivity contribution in [3.8, 4) is 0 Å². The Morgan fingerprint density at radius 2 is 2.50 bits per heavy atom. The van der Waals surface area contributed by atoms with Crippen LogP contribution in [0.4, 0.5) is 0 Å². The third kappa shape index (κ3) is 1.60. The maximum Gasteiger partial charge on any atom is 0.377 e. The molecule has 0 radical (unpaired) electrons. The maximum absolute atomic E-state index is 11.1. The Balaban J connectivity index is 2.12. The SMILES string of the molecule is COC(=O)c1n[nH]c(C2CCNC2)n1. The lowest BCUT2D eigenvalue weighted by Crippen LogP contribution is -2.09. The van der Waals surface area contributed by atoms with Crippen LogP contribution in [0.15, 0.2) is 0 Å². The minimum Gasteiger partial charge on any atom is -0.463 e. The van der Waals surface area contributed by atoms with E-state index in [4.69, 9.17) is 0 Å². The number of carbonyl (C=O) groups excluding carboxylic acids is 1. The van der Waals surface area contributed by atoms with E-state index in [9.17, 15) is 4.79 Å². The zero-order chi connectivity index (χ0) is 9.97. The van der Waals surface area contributed by atoms with E-state index in [0.717, 1.165) is 25.3 Å². The minimum absolute atomic E-state index is 0.106.